The molecule has 66 valence electrons. The van der Waals surface area contributed by atoms with Gasteiger partial charge in [0.05, 0.1) is 10.0 Å². The van der Waals surface area contributed by atoms with Crippen molar-refractivity contribution in [2.24, 2.45) is 0 Å². The van der Waals surface area contributed by atoms with E-state index >= 15 is 0 Å². The van der Waals surface area contributed by atoms with Crippen molar-refractivity contribution in [2.45, 2.75) is 6.43 Å². The molecule has 0 radical (unpaired) electrons. The maximum Gasteiger partial charge on any atom is 0.266 e. The quantitative estimate of drug-likeness (QED) is 0.527. The van der Waals surface area contributed by atoms with Gasteiger partial charge in [-0.1, -0.05) is 0 Å². The Labute approximate surface area is 89.4 Å². The molecule has 0 heterocycles. The molecule has 0 aliphatic carbocycles. The molecule has 0 amide bonds. The Kier molecular flexibility index (Phi) is 3.39. The van der Waals surface area contributed by atoms with Crippen LogP contribution in [0.3, 0.4) is 0 Å². The fourth-order valence-corrected chi connectivity index (χ4v) is 2.29. The summed E-state index contributed by atoms with van der Waals surface area (Å²) in [6.45, 7) is 0. The molecule has 0 atom stereocenters. The van der Waals surface area contributed by atoms with E-state index in [0.717, 1.165) is 6.07 Å². The first kappa shape index (κ1) is 10.3. The highest BCUT2D eigenvalue weighted by atomic mass is 127. The minimum atomic E-state index is -2.77. The van der Waals surface area contributed by atoms with Gasteiger partial charge in [0.1, 0.15) is 5.82 Å². The topological polar surface area (TPSA) is 0 Å². The number of hydrogen-bond acceptors (Lipinski definition) is 0. The Morgan fingerprint density at radius 1 is 1.33 bits per heavy atom. The average Bonchev–Trinajstić information content (AvgIpc) is 1.96. The van der Waals surface area contributed by atoms with Crippen LogP contribution >= 0.6 is 38.5 Å². The van der Waals surface area contributed by atoms with E-state index in [2.05, 4.69) is 15.9 Å². The van der Waals surface area contributed by atoms with Gasteiger partial charge in [-0.25, -0.2) is 13.2 Å². The van der Waals surface area contributed by atoms with Crippen LogP contribution in [0.5, 0.6) is 0 Å². The lowest BCUT2D eigenvalue weighted by molar-refractivity contribution is 0.146. The number of alkyl halides is 2. The Balaban J connectivity index is 3.28. The van der Waals surface area contributed by atoms with Gasteiger partial charge in [-0.2, -0.15) is 0 Å². The molecular weight excluding hydrogens is 348 g/mol. The SMILES string of the molecule is Fc1c(Br)cc(I)cc1C(F)F. The molecule has 0 fully saturated rings. The lowest BCUT2D eigenvalue weighted by Gasteiger charge is -2.03. The molecule has 0 bridgehead atoms. The summed E-state index contributed by atoms with van der Waals surface area (Å²) >= 11 is 4.70. The number of benzene rings is 1. The van der Waals surface area contributed by atoms with Gasteiger partial charge in [0.2, 0.25) is 0 Å². The largest absolute Gasteiger partial charge is 0.266 e. The minimum Gasteiger partial charge on any atom is -0.205 e. The van der Waals surface area contributed by atoms with Crippen molar-refractivity contribution in [2.75, 3.05) is 0 Å². The predicted octanol–water partition coefficient (Wildman–Crippen LogP) is 4.13. The molecule has 1 rings (SSSR count). The third-order valence-corrected chi connectivity index (χ3v) is 2.46. The third-order valence-electron chi connectivity index (χ3n) is 1.26. The Morgan fingerprint density at radius 2 is 1.92 bits per heavy atom. The van der Waals surface area contributed by atoms with Crippen LogP contribution < -0.4 is 0 Å². The van der Waals surface area contributed by atoms with Crippen LogP contribution in [0.15, 0.2) is 16.6 Å². The van der Waals surface area contributed by atoms with E-state index in [1.54, 1.807) is 0 Å². The lowest BCUT2D eigenvalue weighted by Crippen LogP contribution is -1.92. The summed E-state index contributed by atoms with van der Waals surface area (Å²) in [5.41, 5.74) is -0.561. The third kappa shape index (κ3) is 2.12. The smallest absolute Gasteiger partial charge is 0.205 e. The van der Waals surface area contributed by atoms with E-state index in [0.29, 0.717) is 3.57 Å². The Bertz CT molecular complexity index is 301. The molecule has 0 N–H and O–H groups in total. The summed E-state index contributed by atoms with van der Waals surface area (Å²) in [7, 11) is 0. The van der Waals surface area contributed by atoms with E-state index in [9.17, 15) is 13.2 Å². The van der Waals surface area contributed by atoms with Crippen LogP contribution in [0.4, 0.5) is 13.2 Å². The highest BCUT2D eigenvalue weighted by Crippen LogP contribution is 2.29. The molecule has 12 heavy (non-hydrogen) atoms. The summed E-state index contributed by atoms with van der Waals surface area (Å²) < 4.78 is 37.8. The van der Waals surface area contributed by atoms with Crippen molar-refractivity contribution in [1.82, 2.24) is 0 Å². The van der Waals surface area contributed by atoms with Crippen molar-refractivity contribution >= 4 is 38.5 Å². The summed E-state index contributed by atoms with van der Waals surface area (Å²) in [6, 6.07) is 2.58. The molecule has 0 aliphatic rings. The molecule has 0 saturated carbocycles. The fourth-order valence-electron chi connectivity index (χ4n) is 0.735. The van der Waals surface area contributed by atoms with E-state index in [1.165, 1.54) is 6.07 Å². The summed E-state index contributed by atoms with van der Waals surface area (Å²) in [5, 5.41) is 0. The monoisotopic (exact) mass is 350 g/mol. The standard InChI is InChI=1S/C7H3BrF3I/c8-5-2-3(12)1-4(6(5)9)7(10)11/h1-2,7H. The van der Waals surface area contributed by atoms with Crippen molar-refractivity contribution in [3.05, 3.63) is 31.6 Å². The Hall–Kier alpha value is 0.220. The molecule has 1 aromatic rings. The van der Waals surface area contributed by atoms with E-state index < -0.39 is 17.8 Å². The van der Waals surface area contributed by atoms with Crippen LogP contribution in [0.2, 0.25) is 0 Å². The van der Waals surface area contributed by atoms with Crippen molar-refractivity contribution in [3.63, 3.8) is 0 Å². The number of halogens is 5. The molecular formula is C7H3BrF3I. The van der Waals surface area contributed by atoms with Crippen LogP contribution in [0, 0.1) is 9.39 Å². The molecule has 5 heteroatoms. The van der Waals surface area contributed by atoms with Crippen molar-refractivity contribution < 1.29 is 13.2 Å². The van der Waals surface area contributed by atoms with E-state index in [4.69, 9.17) is 0 Å². The molecule has 1 aromatic carbocycles. The van der Waals surface area contributed by atoms with Gasteiger partial charge in [-0.15, -0.1) is 0 Å². The van der Waals surface area contributed by atoms with Gasteiger partial charge in [-0.05, 0) is 50.7 Å². The van der Waals surface area contributed by atoms with Crippen molar-refractivity contribution in [1.29, 1.82) is 0 Å². The van der Waals surface area contributed by atoms with E-state index in [1.807, 2.05) is 22.6 Å². The number of rotatable bonds is 1. The maximum absolute atomic E-state index is 12.9. The second-order valence-electron chi connectivity index (χ2n) is 2.09. The van der Waals surface area contributed by atoms with Gasteiger partial charge in [-0.3, -0.25) is 0 Å². The molecule has 0 aromatic heterocycles. The summed E-state index contributed by atoms with van der Waals surface area (Å²) in [5.74, 6) is -0.884. The zero-order valence-corrected chi connectivity index (χ0v) is 9.37. The van der Waals surface area contributed by atoms with Crippen LogP contribution in [-0.2, 0) is 0 Å². The van der Waals surface area contributed by atoms with Gasteiger partial charge < -0.3 is 0 Å². The van der Waals surface area contributed by atoms with Gasteiger partial charge >= 0.3 is 0 Å². The highest BCUT2D eigenvalue weighted by Gasteiger charge is 2.16. The van der Waals surface area contributed by atoms with Crippen LogP contribution in [-0.4, -0.2) is 0 Å². The van der Waals surface area contributed by atoms with Crippen molar-refractivity contribution in [3.8, 4) is 0 Å². The molecule has 0 aliphatic heterocycles. The molecule has 0 saturated heterocycles. The van der Waals surface area contributed by atoms with Crippen LogP contribution in [0.25, 0.3) is 0 Å². The second-order valence-corrected chi connectivity index (χ2v) is 4.19. The average molecular weight is 351 g/mol. The van der Waals surface area contributed by atoms with Gasteiger partial charge in [0.15, 0.2) is 0 Å². The molecule has 0 unspecified atom stereocenters. The lowest BCUT2D eigenvalue weighted by atomic mass is 10.2. The highest BCUT2D eigenvalue weighted by molar-refractivity contribution is 14.1. The fraction of sp³-hybridized carbons (Fsp3) is 0.143. The van der Waals surface area contributed by atoms with Gasteiger partial charge in [0.25, 0.3) is 6.43 Å². The minimum absolute atomic E-state index is 0.0738. The summed E-state index contributed by atoms with van der Waals surface area (Å²) in [4.78, 5) is 0. The predicted molar refractivity (Wildman–Crippen MR) is 51.8 cm³/mol. The Morgan fingerprint density at radius 3 is 2.42 bits per heavy atom. The second kappa shape index (κ2) is 3.95. The number of hydrogen-bond donors (Lipinski definition) is 0. The van der Waals surface area contributed by atoms with E-state index in [-0.39, 0.29) is 4.47 Å². The van der Waals surface area contributed by atoms with Crippen LogP contribution in [0.1, 0.15) is 12.0 Å². The zero-order chi connectivity index (χ0) is 9.30. The first-order chi connectivity index (χ1) is 5.52. The first-order valence-electron chi connectivity index (χ1n) is 2.95. The zero-order valence-electron chi connectivity index (χ0n) is 5.62. The molecule has 0 spiro atoms. The molecule has 0 nitrogen and oxygen atoms in total. The first-order valence-corrected chi connectivity index (χ1v) is 4.82. The normalized spacial score (nSPS) is 10.8. The maximum atomic E-state index is 12.9. The summed E-state index contributed by atoms with van der Waals surface area (Å²) in [6.07, 6.45) is -2.77. The van der Waals surface area contributed by atoms with Gasteiger partial charge in [0, 0.05) is 3.57 Å².